The number of rotatable bonds is 0. The monoisotopic (exact) mass is 495 g/mol. The molecular weight excluding hydrogens is 491 g/mol. The zero-order chi connectivity index (χ0) is 5.66. The second kappa shape index (κ2) is 7.30. The third-order valence-electron chi connectivity index (χ3n) is 0.222. The predicted molar refractivity (Wildman–Crippen MR) is 51.5 cm³/mol. The quantitative estimate of drug-likeness (QED) is 0.348. The summed E-state index contributed by atoms with van der Waals surface area (Å²) in [5.41, 5.74) is 0. The van der Waals surface area contributed by atoms with Gasteiger partial charge < -0.3 is 0 Å². The van der Waals surface area contributed by atoms with Gasteiger partial charge in [0.1, 0.15) is 0 Å². The molecule has 8 heavy (non-hydrogen) atoms. The molecule has 0 aromatic carbocycles. The fraction of sp³-hybridized carbons (Fsp3) is 0. The summed E-state index contributed by atoms with van der Waals surface area (Å²) in [6.07, 6.45) is 0. The van der Waals surface area contributed by atoms with Gasteiger partial charge in [-0.2, -0.15) is 0 Å². The molecule has 0 unspecified atom stereocenters. The molecule has 48 valence electrons. The minimum atomic E-state index is 1.00. The first-order valence-electron chi connectivity index (χ1n) is 1.33. The van der Waals surface area contributed by atoms with Gasteiger partial charge in [0, 0.05) is 0 Å². The maximum atomic E-state index is 2.14. The Bertz CT molecular complexity index is 31.6. The normalized spacial score (nSPS) is 24.0. The summed E-state index contributed by atoms with van der Waals surface area (Å²) in [6, 6.07) is 0. The van der Waals surface area contributed by atoms with Crippen LogP contribution in [0, 0.1) is 0 Å². The van der Waals surface area contributed by atoms with Gasteiger partial charge in [-0.25, -0.2) is 0 Å². The van der Waals surface area contributed by atoms with Crippen LogP contribution in [0.1, 0.15) is 0 Å². The van der Waals surface area contributed by atoms with Crippen molar-refractivity contribution in [3.8, 4) is 0 Å². The third-order valence-corrected chi connectivity index (χ3v) is 85.2. The summed E-state index contributed by atoms with van der Waals surface area (Å²) >= 11 is 5.41. The SMILES string of the molecule is S1S[Se][Se][Se][Se][Se]S1. The van der Waals surface area contributed by atoms with Gasteiger partial charge in [-0.15, -0.1) is 0 Å². The predicted octanol–water partition coefficient (Wildman–Crippen LogP) is 0.0406. The Morgan fingerprint density at radius 3 is 2.00 bits per heavy atom. The van der Waals surface area contributed by atoms with Crippen LogP contribution >= 0.6 is 28.2 Å². The van der Waals surface area contributed by atoms with Gasteiger partial charge in [0.25, 0.3) is 0 Å². The van der Waals surface area contributed by atoms with E-state index < -0.39 is 0 Å². The van der Waals surface area contributed by atoms with E-state index in [1.807, 2.05) is 0 Å². The van der Waals surface area contributed by atoms with Crippen molar-refractivity contribution >= 4 is 86.2 Å². The summed E-state index contributed by atoms with van der Waals surface area (Å²) < 4.78 is 0. The fourth-order valence-electron chi connectivity index (χ4n) is 0.0907. The first kappa shape index (κ1) is 9.73. The molecule has 0 spiro atoms. The van der Waals surface area contributed by atoms with E-state index in [4.69, 9.17) is 0 Å². The zero-order valence-electron chi connectivity index (χ0n) is 3.27. The summed E-state index contributed by atoms with van der Waals surface area (Å²) in [5.74, 6) is 0. The minimum absolute atomic E-state index is 1.00. The summed E-state index contributed by atoms with van der Waals surface area (Å²) in [5, 5.41) is 0. The average Bonchev–Trinajstić information content (AvgIpc) is 1.62. The van der Waals surface area contributed by atoms with Gasteiger partial charge in [0.2, 0.25) is 0 Å². The standard InChI is InChI=1S/S3Se5/c1-2-4-6-8-7-5-3-1. The molecule has 0 aromatic rings. The molecule has 0 nitrogen and oxygen atoms in total. The first-order chi connectivity index (χ1) is 4.00. The molecule has 8 heteroatoms. The van der Waals surface area contributed by atoms with E-state index in [-0.39, 0.29) is 0 Å². The third kappa shape index (κ3) is 5.32. The van der Waals surface area contributed by atoms with Crippen molar-refractivity contribution in [1.82, 2.24) is 0 Å². The zero-order valence-corrected chi connectivity index (χ0v) is 14.3. The molecule has 1 aliphatic rings. The summed E-state index contributed by atoms with van der Waals surface area (Å²) in [6.45, 7) is 0. The molecule has 0 aromatic heterocycles. The van der Waals surface area contributed by atoms with Crippen molar-refractivity contribution in [2.45, 2.75) is 0 Å². The van der Waals surface area contributed by atoms with Gasteiger partial charge in [0.15, 0.2) is 0 Å². The Kier molecular flexibility index (Phi) is 8.89. The second-order valence-corrected chi connectivity index (χ2v) is 47.9. The summed E-state index contributed by atoms with van der Waals surface area (Å²) in [4.78, 5) is 0. The van der Waals surface area contributed by atoms with Crippen LogP contribution in [0.2, 0.25) is 0 Å². The fourth-order valence-corrected chi connectivity index (χ4v) is 146. The van der Waals surface area contributed by atoms with Crippen LogP contribution in [-0.4, -0.2) is 57.9 Å². The molecular formula is S3Se5. The first-order valence-corrected chi connectivity index (χ1v) is 26.2. The van der Waals surface area contributed by atoms with E-state index in [9.17, 15) is 0 Å². The van der Waals surface area contributed by atoms with E-state index in [1.54, 1.807) is 0 Å². The number of hydrogen-bond donors (Lipinski definition) is 0. The van der Waals surface area contributed by atoms with Crippen molar-refractivity contribution in [3.05, 3.63) is 0 Å². The van der Waals surface area contributed by atoms with Gasteiger partial charge in [-0.1, -0.05) is 0 Å². The molecule has 0 atom stereocenters. The van der Waals surface area contributed by atoms with Crippen molar-refractivity contribution in [1.29, 1.82) is 0 Å². The average molecular weight is 491 g/mol. The van der Waals surface area contributed by atoms with Crippen molar-refractivity contribution < 1.29 is 0 Å². The topological polar surface area (TPSA) is 0 Å². The Morgan fingerprint density at radius 2 is 1.38 bits per heavy atom. The van der Waals surface area contributed by atoms with Crippen LogP contribution in [-0.2, 0) is 0 Å². The Labute approximate surface area is 84.3 Å². The summed E-state index contributed by atoms with van der Waals surface area (Å²) in [7, 11) is 6.34. The van der Waals surface area contributed by atoms with Gasteiger partial charge in [0.05, 0.1) is 0 Å². The molecule has 1 aliphatic heterocycles. The molecule has 0 N–H and O–H groups in total. The van der Waals surface area contributed by atoms with Crippen molar-refractivity contribution in [2.24, 2.45) is 0 Å². The molecule has 1 heterocycles. The molecule has 0 aliphatic carbocycles. The molecule has 0 radical (unpaired) electrons. The molecule has 0 bridgehead atoms. The van der Waals surface area contributed by atoms with Gasteiger partial charge in [-0.05, 0) is 0 Å². The van der Waals surface area contributed by atoms with Crippen LogP contribution in [0.5, 0.6) is 0 Å². The molecule has 1 saturated heterocycles. The van der Waals surface area contributed by atoms with Crippen LogP contribution in [0.15, 0.2) is 0 Å². The molecule has 1 fully saturated rings. The van der Waals surface area contributed by atoms with E-state index >= 15 is 0 Å². The molecule has 1 rings (SSSR count). The van der Waals surface area contributed by atoms with E-state index in [0.29, 0.717) is 0 Å². The number of hydrogen-bond acceptors (Lipinski definition) is 3. The Hall–Kier alpha value is 3.65. The van der Waals surface area contributed by atoms with Gasteiger partial charge >= 0.3 is 86.2 Å². The molecule has 0 saturated carbocycles. The van der Waals surface area contributed by atoms with Gasteiger partial charge in [-0.3, -0.25) is 0 Å². The van der Waals surface area contributed by atoms with Crippen LogP contribution in [0.25, 0.3) is 0 Å². The van der Waals surface area contributed by atoms with Crippen LogP contribution in [0.3, 0.4) is 0 Å². The molecule has 0 amide bonds. The van der Waals surface area contributed by atoms with E-state index in [1.165, 1.54) is 0 Å². The van der Waals surface area contributed by atoms with Crippen molar-refractivity contribution in [2.75, 3.05) is 0 Å². The van der Waals surface area contributed by atoms with E-state index in [0.717, 1.165) is 57.9 Å². The Balaban J connectivity index is 2.00. The van der Waals surface area contributed by atoms with E-state index in [2.05, 4.69) is 28.2 Å². The second-order valence-electron chi connectivity index (χ2n) is 0.544. The maximum absolute atomic E-state index is 2.14. The van der Waals surface area contributed by atoms with Crippen molar-refractivity contribution in [3.63, 3.8) is 0 Å². The Morgan fingerprint density at radius 1 is 0.750 bits per heavy atom. The van der Waals surface area contributed by atoms with Crippen LogP contribution in [0.4, 0.5) is 0 Å². The van der Waals surface area contributed by atoms with Crippen LogP contribution < -0.4 is 0 Å².